The minimum atomic E-state index is 0.147. The van der Waals surface area contributed by atoms with Gasteiger partial charge in [0.1, 0.15) is 5.78 Å². The van der Waals surface area contributed by atoms with Crippen molar-refractivity contribution in [2.24, 2.45) is 5.92 Å². The van der Waals surface area contributed by atoms with Gasteiger partial charge in [0.25, 0.3) is 0 Å². The van der Waals surface area contributed by atoms with Gasteiger partial charge < -0.3 is 4.90 Å². The SMILES string of the molecule is CCC(C)C(=O)CSc1nnc(N(C)C)s1. The molecule has 1 heterocycles. The number of aromatic nitrogens is 2. The monoisotopic (exact) mass is 259 g/mol. The Bertz CT molecular complexity index is 352. The van der Waals surface area contributed by atoms with E-state index in [2.05, 4.69) is 10.2 Å². The summed E-state index contributed by atoms with van der Waals surface area (Å²) in [6.45, 7) is 4.00. The Balaban J connectivity index is 2.45. The predicted molar refractivity (Wildman–Crippen MR) is 69.4 cm³/mol. The van der Waals surface area contributed by atoms with E-state index in [0.29, 0.717) is 5.75 Å². The molecular formula is C10H17N3OS2. The van der Waals surface area contributed by atoms with Gasteiger partial charge >= 0.3 is 0 Å². The molecule has 1 unspecified atom stereocenters. The molecule has 0 amide bonds. The van der Waals surface area contributed by atoms with Crippen LogP contribution >= 0.6 is 23.1 Å². The minimum absolute atomic E-state index is 0.147. The molecule has 0 spiro atoms. The molecule has 6 heteroatoms. The molecule has 0 fully saturated rings. The maximum absolute atomic E-state index is 11.6. The van der Waals surface area contributed by atoms with Crippen molar-refractivity contribution in [3.8, 4) is 0 Å². The van der Waals surface area contributed by atoms with E-state index in [1.54, 1.807) is 0 Å². The zero-order valence-electron chi connectivity index (χ0n) is 10.1. The second kappa shape index (κ2) is 6.20. The number of hydrogen-bond donors (Lipinski definition) is 0. The van der Waals surface area contributed by atoms with Crippen LogP contribution in [0.5, 0.6) is 0 Å². The summed E-state index contributed by atoms with van der Waals surface area (Å²) in [5.74, 6) is 0.930. The van der Waals surface area contributed by atoms with Crippen LogP contribution in [0.4, 0.5) is 5.13 Å². The van der Waals surface area contributed by atoms with Crippen LogP contribution in [0.25, 0.3) is 0 Å². The van der Waals surface area contributed by atoms with Gasteiger partial charge in [0, 0.05) is 20.0 Å². The van der Waals surface area contributed by atoms with Crippen LogP contribution in [-0.2, 0) is 4.79 Å². The molecule has 0 bridgehead atoms. The Labute approximate surface area is 104 Å². The average Bonchev–Trinajstić information content (AvgIpc) is 2.73. The molecule has 0 N–H and O–H groups in total. The Kier molecular flexibility index (Phi) is 5.21. The van der Waals surface area contributed by atoms with Crippen LogP contribution in [0, 0.1) is 5.92 Å². The molecule has 1 atom stereocenters. The molecular weight excluding hydrogens is 242 g/mol. The summed E-state index contributed by atoms with van der Waals surface area (Å²) >= 11 is 3.00. The zero-order chi connectivity index (χ0) is 12.1. The predicted octanol–water partition coefficient (Wildman–Crippen LogP) is 2.31. The highest BCUT2D eigenvalue weighted by Gasteiger charge is 2.13. The number of thioether (sulfide) groups is 1. The van der Waals surface area contributed by atoms with Gasteiger partial charge in [0.05, 0.1) is 5.75 Å². The Morgan fingerprint density at radius 3 is 2.69 bits per heavy atom. The second-order valence-corrected chi connectivity index (χ2v) is 5.99. The number of nitrogens with zero attached hydrogens (tertiary/aromatic N) is 3. The molecule has 16 heavy (non-hydrogen) atoms. The first-order valence-corrected chi connectivity index (χ1v) is 7.01. The molecule has 90 valence electrons. The molecule has 1 aromatic rings. The standard InChI is InChI=1S/C10H17N3OS2/c1-5-7(2)8(14)6-15-10-12-11-9(16-10)13(3)4/h7H,5-6H2,1-4H3. The third-order valence-electron chi connectivity index (χ3n) is 2.28. The van der Waals surface area contributed by atoms with Gasteiger partial charge in [-0.05, 0) is 6.42 Å². The van der Waals surface area contributed by atoms with Crippen molar-refractivity contribution in [1.29, 1.82) is 0 Å². The molecule has 0 saturated heterocycles. The lowest BCUT2D eigenvalue weighted by atomic mass is 10.1. The first kappa shape index (κ1) is 13.4. The van der Waals surface area contributed by atoms with E-state index in [4.69, 9.17) is 0 Å². The largest absolute Gasteiger partial charge is 0.353 e. The summed E-state index contributed by atoms with van der Waals surface area (Å²) in [6, 6.07) is 0. The maximum Gasteiger partial charge on any atom is 0.208 e. The van der Waals surface area contributed by atoms with Gasteiger partial charge in [-0.15, -0.1) is 10.2 Å². The lowest BCUT2D eigenvalue weighted by Crippen LogP contribution is -2.11. The van der Waals surface area contributed by atoms with Crippen molar-refractivity contribution >= 4 is 34.0 Å². The van der Waals surface area contributed by atoms with E-state index in [1.165, 1.54) is 23.1 Å². The van der Waals surface area contributed by atoms with Gasteiger partial charge in [0.15, 0.2) is 4.34 Å². The average molecular weight is 259 g/mol. The lowest BCUT2D eigenvalue weighted by Gasteiger charge is -2.05. The van der Waals surface area contributed by atoms with Crippen LogP contribution < -0.4 is 4.90 Å². The van der Waals surface area contributed by atoms with Gasteiger partial charge in [-0.2, -0.15) is 0 Å². The minimum Gasteiger partial charge on any atom is -0.353 e. The van der Waals surface area contributed by atoms with Crippen LogP contribution in [0.15, 0.2) is 4.34 Å². The first-order chi connectivity index (χ1) is 7.54. The Morgan fingerprint density at radius 2 is 2.19 bits per heavy atom. The van der Waals surface area contributed by atoms with Crippen molar-refractivity contribution in [2.75, 3.05) is 24.7 Å². The molecule has 0 aliphatic heterocycles. The molecule has 0 aliphatic carbocycles. The topological polar surface area (TPSA) is 46.1 Å². The molecule has 1 aromatic heterocycles. The summed E-state index contributed by atoms with van der Waals surface area (Å²) < 4.78 is 0.861. The number of carbonyl (C=O) groups excluding carboxylic acids is 1. The van der Waals surface area contributed by atoms with E-state index in [1.807, 2.05) is 32.8 Å². The maximum atomic E-state index is 11.6. The summed E-state index contributed by atoms with van der Waals surface area (Å²) in [7, 11) is 3.86. The van der Waals surface area contributed by atoms with Crippen LogP contribution in [0.1, 0.15) is 20.3 Å². The highest BCUT2D eigenvalue weighted by atomic mass is 32.2. The van der Waals surface area contributed by atoms with Gasteiger partial charge in [-0.1, -0.05) is 36.9 Å². The molecule has 0 aromatic carbocycles. The summed E-state index contributed by atoms with van der Waals surface area (Å²) in [5, 5.41) is 8.93. The van der Waals surface area contributed by atoms with Crippen molar-refractivity contribution in [3.05, 3.63) is 0 Å². The quantitative estimate of drug-likeness (QED) is 0.734. The van der Waals surface area contributed by atoms with Crippen molar-refractivity contribution in [1.82, 2.24) is 10.2 Å². The third-order valence-corrected chi connectivity index (χ3v) is 4.52. The van der Waals surface area contributed by atoms with Gasteiger partial charge in [0.2, 0.25) is 5.13 Å². The van der Waals surface area contributed by atoms with E-state index in [0.717, 1.165) is 15.9 Å². The highest BCUT2D eigenvalue weighted by Crippen LogP contribution is 2.27. The van der Waals surface area contributed by atoms with E-state index < -0.39 is 0 Å². The fourth-order valence-electron chi connectivity index (χ4n) is 0.944. The summed E-state index contributed by atoms with van der Waals surface area (Å²) in [5.41, 5.74) is 0. The number of rotatable bonds is 6. The van der Waals surface area contributed by atoms with Crippen molar-refractivity contribution < 1.29 is 4.79 Å². The zero-order valence-corrected chi connectivity index (χ0v) is 11.7. The van der Waals surface area contributed by atoms with Crippen LogP contribution in [0.3, 0.4) is 0 Å². The highest BCUT2D eigenvalue weighted by molar-refractivity contribution is 8.01. The number of Topliss-reactive ketones (excluding diaryl/α,β-unsaturated/α-hetero) is 1. The smallest absolute Gasteiger partial charge is 0.208 e. The number of anilines is 1. The van der Waals surface area contributed by atoms with Gasteiger partial charge in [-0.3, -0.25) is 4.79 Å². The molecule has 0 saturated carbocycles. The normalized spacial score (nSPS) is 12.5. The number of hydrogen-bond acceptors (Lipinski definition) is 6. The second-order valence-electron chi connectivity index (χ2n) is 3.81. The first-order valence-electron chi connectivity index (χ1n) is 5.21. The third kappa shape index (κ3) is 3.75. The fraction of sp³-hybridized carbons (Fsp3) is 0.700. The molecule has 0 radical (unpaired) electrons. The lowest BCUT2D eigenvalue weighted by molar-refractivity contribution is -0.119. The van der Waals surface area contributed by atoms with E-state index in [9.17, 15) is 4.79 Å². The van der Waals surface area contributed by atoms with E-state index in [-0.39, 0.29) is 11.7 Å². The van der Waals surface area contributed by atoms with Crippen molar-refractivity contribution in [3.63, 3.8) is 0 Å². The van der Waals surface area contributed by atoms with Crippen LogP contribution in [-0.4, -0.2) is 35.8 Å². The summed E-state index contributed by atoms with van der Waals surface area (Å²) in [6.07, 6.45) is 0.901. The fourth-order valence-corrected chi connectivity index (χ4v) is 2.73. The number of carbonyl (C=O) groups is 1. The number of ketones is 1. The summed E-state index contributed by atoms with van der Waals surface area (Å²) in [4.78, 5) is 13.5. The molecule has 1 rings (SSSR count). The Morgan fingerprint density at radius 1 is 1.50 bits per heavy atom. The van der Waals surface area contributed by atoms with Gasteiger partial charge in [-0.25, -0.2) is 0 Å². The van der Waals surface area contributed by atoms with Crippen molar-refractivity contribution in [2.45, 2.75) is 24.6 Å². The molecule has 4 nitrogen and oxygen atoms in total. The Hall–Kier alpha value is -0.620. The van der Waals surface area contributed by atoms with Crippen LogP contribution in [0.2, 0.25) is 0 Å². The van der Waals surface area contributed by atoms with E-state index >= 15 is 0 Å². The molecule has 0 aliphatic rings.